The van der Waals surface area contributed by atoms with E-state index in [2.05, 4.69) is 26.0 Å². The molecule has 4 aromatic rings. The van der Waals surface area contributed by atoms with E-state index in [0.29, 0.717) is 11.7 Å². The third-order valence-electron chi connectivity index (χ3n) is 4.11. The van der Waals surface area contributed by atoms with Gasteiger partial charge < -0.3 is 10.6 Å². The number of aromatic nitrogens is 2. The van der Waals surface area contributed by atoms with Crippen LogP contribution in [0.4, 0.5) is 5.13 Å². The lowest BCUT2D eigenvalue weighted by Crippen LogP contribution is -2.17. The summed E-state index contributed by atoms with van der Waals surface area (Å²) >= 11 is 6.22. The van der Waals surface area contributed by atoms with Gasteiger partial charge in [0.15, 0.2) is 5.13 Å². The number of rotatable bonds is 7. The van der Waals surface area contributed by atoms with Crippen molar-refractivity contribution in [1.82, 2.24) is 15.3 Å². The average molecular weight is 475 g/mol. The van der Waals surface area contributed by atoms with E-state index in [9.17, 15) is 9.59 Å². The second kappa shape index (κ2) is 9.17. The van der Waals surface area contributed by atoms with E-state index in [1.165, 1.54) is 18.3 Å². The quantitative estimate of drug-likeness (QED) is 0.386. The van der Waals surface area contributed by atoms with Crippen LogP contribution in [0.3, 0.4) is 0 Å². The number of amides is 2. The van der Waals surface area contributed by atoms with Crippen molar-refractivity contribution in [1.29, 1.82) is 0 Å². The van der Waals surface area contributed by atoms with Gasteiger partial charge in [0.25, 0.3) is 0 Å². The molecule has 0 saturated heterocycles. The first-order valence-corrected chi connectivity index (χ1v) is 12.5. The lowest BCUT2D eigenvalue weighted by Gasteiger charge is -1.99. The highest BCUT2D eigenvalue weighted by Gasteiger charge is 2.15. The Labute approximate surface area is 189 Å². The molecular weight excluding hydrogens is 457 g/mol. The molecule has 0 aromatic carbocycles. The van der Waals surface area contributed by atoms with E-state index in [1.807, 2.05) is 35.9 Å². The zero-order valence-corrected chi connectivity index (χ0v) is 19.5. The van der Waals surface area contributed by atoms with Crippen molar-refractivity contribution >= 4 is 62.3 Å². The fourth-order valence-electron chi connectivity index (χ4n) is 2.73. The maximum atomic E-state index is 12.5. The largest absolute Gasteiger partial charge is 0.351 e. The lowest BCUT2D eigenvalue weighted by atomic mass is 10.3. The SMILES string of the molecule is CC(=O)NCc1ccc(-c2nc(NC(=O)Cc3csc(-c4ccsc4)n3)sc2C)s1. The van der Waals surface area contributed by atoms with Crippen LogP contribution < -0.4 is 10.6 Å². The number of hydrogen-bond acceptors (Lipinski definition) is 8. The average Bonchev–Trinajstić information content (AvgIpc) is 3.47. The van der Waals surface area contributed by atoms with Gasteiger partial charge in [-0.05, 0) is 30.5 Å². The summed E-state index contributed by atoms with van der Waals surface area (Å²) in [7, 11) is 0. The highest BCUT2D eigenvalue weighted by atomic mass is 32.1. The molecule has 0 unspecified atom stereocenters. The molecule has 10 heteroatoms. The molecule has 6 nitrogen and oxygen atoms in total. The van der Waals surface area contributed by atoms with Crippen molar-refractivity contribution in [3.8, 4) is 21.1 Å². The summed E-state index contributed by atoms with van der Waals surface area (Å²) < 4.78 is 0. The number of thiophene rings is 2. The van der Waals surface area contributed by atoms with Gasteiger partial charge in [-0.25, -0.2) is 9.97 Å². The molecular formula is C20H18N4O2S4. The van der Waals surface area contributed by atoms with Crippen molar-refractivity contribution in [3.05, 3.63) is 49.8 Å². The summed E-state index contributed by atoms with van der Waals surface area (Å²) in [5.74, 6) is -0.183. The molecule has 0 spiro atoms. The summed E-state index contributed by atoms with van der Waals surface area (Å²) in [4.78, 5) is 35.8. The van der Waals surface area contributed by atoms with Crippen molar-refractivity contribution in [2.24, 2.45) is 0 Å². The molecule has 0 aliphatic rings. The van der Waals surface area contributed by atoms with Gasteiger partial charge in [0.05, 0.1) is 29.2 Å². The van der Waals surface area contributed by atoms with E-state index in [4.69, 9.17) is 0 Å². The molecule has 4 aromatic heterocycles. The topological polar surface area (TPSA) is 84.0 Å². The van der Waals surface area contributed by atoms with Crippen molar-refractivity contribution < 1.29 is 9.59 Å². The normalized spacial score (nSPS) is 10.9. The van der Waals surface area contributed by atoms with Gasteiger partial charge in [-0.2, -0.15) is 11.3 Å². The van der Waals surface area contributed by atoms with Crippen LogP contribution >= 0.6 is 45.3 Å². The Morgan fingerprint density at radius 1 is 1.10 bits per heavy atom. The van der Waals surface area contributed by atoms with Crippen LogP contribution in [0.2, 0.25) is 0 Å². The summed E-state index contributed by atoms with van der Waals surface area (Å²) in [6, 6.07) is 6.01. The summed E-state index contributed by atoms with van der Waals surface area (Å²) in [5, 5.41) is 13.2. The number of carbonyl (C=O) groups is 2. The first kappa shape index (κ1) is 20.9. The highest BCUT2D eigenvalue weighted by Crippen LogP contribution is 2.35. The molecule has 30 heavy (non-hydrogen) atoms. The second-order valence-electron chi connectivity index (χ2n) is 6.48. The Morgan fingerprint density at radius 3 is 2.73 bits per heavy atom. The summed E-state index contributed by atoms with van der Waals surface area (Å²) in [5.41, 5.74) is 2.71. The third kappa shape index (κ3) is 5.01. The number of hydrogen-bond donors (Lipinski definition) is 2. The number of aryl methyl sites for hydroxylation is 1. The van der Waals surface area contributed by atoms with Crippen LogP contribution in [-0.4, -0.2) is 21.8 Å². The molecule has 154 valence electrons. The minimum absolute atomic E-state index is 0.0534. The van der Waals surface area contributed by atoms with Gasteiger partial charge in [0.1, 0.15) is 5.01 Å². The Kier molecular flexibility index (Phi) is 6.38. The van der Waals surface area contributed by atoms with Crippen molar-refractivity contribution in [2.75, 3.05) is 5.32 Å². The van der Waals surface area contributed by atoms with E-state index in [-0.39, 0.29) is 18.2 Å². The Morgan fingerprint density at radius 2 is 1.97 bits per heavy atom. The minimum Gasteiger partial charge on any atom is -0.351 e. The molecule has 0 bridgehead atoms. The number of anilines is 1. The van der Waals surface area contributed by atoms with Crippen LogP contribution in [0.1, 0.15) is 22.4 Å². The van der Waals surface area contributed by atoms with Crippen LogP contribution in [0.15, 0.2) is 34.3 Å². The second-order valence-corrected chi connectivity index (χ2v) is 10.5. The highest BCUT2D eigenvalue weighted by molar-refractivity contribution is 7.18. The minimum atomic E-state index is -0.130. The summed E-state index contributed by atoms with van der Waals surface area (Å²) in [6.45, 7) is 4.00. The number of nitrogens with zero attached hydrogens (tertiary/aromatic N) is 2. The maximum Gasteiger partial charge on any atom is 0.232 e. The fourth-order valence-corrected chi connectivity index (χ4v) is 6.16. The molecule has 4 rings (SSSR count). The van der Waals surface area contributed by atoms with Crippen molar-refractivity contribution in [3.63, 3.8) is 0 Å². The van der Waals surface area contributed by atoms with Crippen LogP contribution in [-0.2, 0) is 22.6 Å². The third-order valence-corrected chi connectivity index (χ3v) is 7.71. The molecule has 0 radical (unpaired) electrons. The standard InChI is InChI=1S/C20H18N4O2S4/c1-11-18(16-4-3-15(30-16)8-21-12(2)25)24-20(29-11)23-17(26)7-14-10-28-19(22-14)13-5-6-27-9-13/h3-6,9-10H,7-8H2,1-2H3,(H,21,25)(H,23,24,26). The van der Waals surface area contributed by atoms with Gasteiger partial charge in [-0.15, -0.1) is 34.0 Å². The van der Waals surface area contributed by atoms with Crippen molar-refractivity contribution in [2.45, 2.75) is 26.8 Å². The van der Waals surface area contributed by atoms with Crippen LogP contribution in [0.25, 0.3) is 21.1 Å². The molecule has 2 amide bonds. The zero-order valence-electron chi connectivity index (χ0n) is 16.2. The molecule has 0 fully saturated rings. The molecule has 0 saturated carbocycles. The van der Waals surface area contributed by atoms with E-state index in [0.717, 1.165) is 36.6 Å². The van der Waals surface area contributed by atoms with E-state index >= 15 is 0 Å². The fraction of sp³-hybridized carbons (Fsp3) is 0.200. The van der Waals surface area contributed by atoms with Gasteiger partial charge >= 0.3 is 0 Å². The monoisotopic (exact) mass is 474 g/mol. The molecule has 0 aliphatic heterocycles. The number of thiazole rings is 2. The molecule has 0 atom stereocenters. The molecule has 4 heterocycles. The Bertz CT molecular complexity index is 1170. The number of carbonyl (C=O) groups excluding carboxylic acids is 2. The smallest absolute Gasteiger partial charge is 0.232 e. The van der Waals surface area contributed by atoms with Gasteiger partial charge in [-0.1, -0.05) is 0 Å². The van der Waals surface area contributed by atoms with Gasteiger partial charge in [0, 0.05) is 33.0 Å². The first-order chi connectivity index (χ1) is 14.5. The van der Waals surface area contributed by atoms with Crippen LogP contribution in [0, 0.1) is 6.92 Å². The van der Waals surface area contributed by atoms with Crippen LogP contribution in [0.5, 0.6) is 0 Å². The van der Waals surface area contributed by atoms with Gasteiger partial charge in [0.2, 0.25) is 11.8 Å². The number of nitrogens with one attached hydrogen (secondary N) is 2. The van der Waals surface area contributed by atoms with E-state index < -0.39 is 0 Å². The molecule has 2 N–H and O–H groups in total. The summed E-state index contributed by atoms with van der Waals surface area (Å²) in [6.07, 6.45) is 0.217. The lowest BCUT2D eigenvalue weighted by molar-refractivity contribution is -0.119. The predicted molar refractivity (Wildman–Crippen MR) is 125 cm³/mol. The maximum absolute atomic E-state index is 12.5. The van der Waals surface area contributed by atoms with E-state index in [1.54, 1.807) is 34.0 Å². The Hall–Kier alpha value is -2.40. The Balaban J connectivity index is 1.40. The zero-order chi connectivity index (χ0) is 21.1. The molecule has 0 aliphatic carbocycles. The van der Waals surface area contributed by atoms with Gasteiger partial charge in [-0.3, -0.25) is 9.59 Å². The first-order valence-electron chi connectivity index (χ1n) is 9.05. The predicted octanol–water partition coefficient (Wildman–Crippen LogP) is 5.18.